The van der Waals surface area contributed by atoms with Gasteiger partial charge in [-0.05, 0) is 37.9 Å². The zero-order valence-electron chi connectivity index (χ0n) is 10.8. The third-order valence-corrected chi connectivity index (χ3v) is 4.26. The molecule has 1 aromatic carbocycles. The molecule has 0 aromatic heterocycles. The maximum Gasteiger partial charge on any atom is 0.354 e. The Balaban J connectivity index is 3.28. The molecule has 1 rings (SSSR count). The van der Waals surface area contributed by atoms with Crippen molar-refractivity contribution in [3.63, 3.8) is 0 Å². The van der Waals surface area contributed by atoms with Gasteiger partial charge in [-0.1, -0.05) is 11.6 Å². The van der Waals surface area contributed by atoms with Crippen LogP contribution in [0.4, 0.5) is 10.1 Å². The standard InChI is InChI=1S/C12H9Br2ClFNO4/c1-20-8(18)4-7(12(19)21-2)17-11-5(13)3-6(16)10(15)9(11)14/h3-4,17H,1-2H3/b7-4+. The van der Waals surface area contributed by atoms with Crippen molar-refractivity contribution in [3.05, 3.63) is 37.6 Å². The molecule has 9 heteroatoms. The van der Waals surface area contributed by atoms with E-state index in [1.165, 1.54) is 0 Å². The highest BCUT2D eigenvalue weighted by atomic mass is 79.9. The summed E-state index contributed by atoms with van der Waals surface area (Å²) in [7, 11) is 2.31. The average molecular weight is 445 g/mol. The van der Waals surface area contributed by atoms with Gasteiger partial charge in [0.2, 0.25) is 0 Å². The van der Waals surface area contributed by atoms with Crippen molar-refractivity contribution in [3.8, 4) is 0 Å². The van der Waals surface area contributed by atoms with Gasteiger partial charge in [0, 0.05) is 4.47 Å². The van der Waals surface area contributed by atoms with Crippen LogP contribution in [0.25, 0.3) is 0 Å². The fourth-order valence-electron chi connectivity index (χ4n) is 1.25. The minimum absolute atomic E-state index is 0.177. The predicted octanol–water partition coefficient (Wildman–Crippen LogP) is 3.65. The lowest BCUT2D eigenvalue weighted by Crippen LogP contribution is -2.16. The van der Waals surface area contributed by atoms with E-state index < -0.39 is 17.8 Å². The molecule has 1 N–H and O–H groups in total. The van der Waals surface area contributed by atoms with E-state index in [-0.39, 0.29) is 25.4 Å². The van der Waals surface area contributed by atoms with Gasteiger partial charge in [0.25, 0.3) is 0 Å². The van der Waals surface area contributed by atoms with Crippen LogP contribution in [0.5, 0.6) is 0 Å². The van der Waals surface area contributed by atoms with E-state index in [1.54, 1.807) is 0 Å². The molecule has 0 amide bonds. The number of hydrogen-bond acceptors (Lipinski definition) is 5. The fourth-order valence-corrected chi connectivity index (χ4v) is 2.66. The summed E-state index contributed by atoms with van der Waals surface area (Å²) < 4.78 is 22.9. The van der Waals surface area contributed by atoms with Crippen molar-refractivity contribution in [1.82, 2.24) is 0 Å². The quantitative estimate of drug-likeness (QED) is 0.332. The van der Waals surface area contributed by atoms with Crippen LogP contribution >= 0.6 is 43.5 Å². The molecule has 0 aliphatic heterocycles. The molecule has 0 aliphatic rings. The number of halogens is 4. The van der Waals surface area contributed by atoms with E-state index in [0.29, 0.717) is 0 Å². The highest BCUT2D eigenvalue weighted by molar-refractivity contribution is 9.11. The first-order valence-electron chi connectivity index (χ1n) is 5.29. The molecule has 114 valence electrons. The monoisotopic (exact) mass is 443 g/mol. The minimum Gasteiger partial charge on any atom is -0.466 e. The van der Waals surface area contributed by atoms with E-state index in [4.69, 9.17) is 11.6 Å². The van der Waals surface area contributed by atoms with Gasteiger partial charge in [0.05, 0.1) is 35.5 Å². The topological polar surface area (TPSA) is 64.6 Å². The highest BCUT2D eigenvalue weighted by Gasteiger charge is 2.19. The second-order valence-electron chi connectivity index (χ2n) is 3.54. The van der Waals surface area contributed by atoms with E-state index in [0.717, 1.165) is 26.4 Å². The van der Waals surface area contributed by atoms with Gasteiger partial charge < -0.3 is 14.8 Å². The molecule has 0 saturated carbocycles. The summed E-state index contributed by atoms with van der Waals surface area (Å²) in [4.78, 5) is 22.9. The van der Waals surface area contributed by atoms with Crippen molar-refractivity contribution in [2.75, 3.05) is 19.5 Å². The number of rotatable bonds is 4. The molecule has 0 atom stereocenters. The number of carbonyl (C=O) groups excluding carboxylic acids is 2. The first-order chi connectivity index (χ1) is 9.81. The fraction of sp³-hybridized carbons (Fsp3) is 0.167. The lowest BCUT2D eigenvalue weighted by Gasteiger charge is -2.14. The summed E-state index contributed by atoms with van der Waals surface area (Å²) >= 11 is 12.0. The summed E-state index contributed by atoms with van der Waals surface area (Å²) in [6, 6.07) is 1.11. The van der Waals surface area contributed by atoms with Gasteiger partial charge >= 0.3 is 11.9 Å². The van der Waals surface area contributed by atoms with Crippen molar-refractivity contribution in [2.24, 2.45) is 0 Å². The Labute approximate surface area is 141 Å². The van der Waals surface area contributed by atoms with Crippen LogP contribution in [-0.2, 0) is 19.1 Å². The number of hydrogen-bond donors (Lipinski definition) is 1. The number of ether oxygens (including phenoxy) is 2. The second-order valence-corrected chi connectivity index (χ2v) is 5.57. The highest BCUT2D eigenvalue weighted by Crippen LogP contribution is 2.39. The Morgan fingerprint density at radius 2 is 1.95 bits per heavy atom. The van der Waals surface area contributed by atoms with Crippen molar-refractivity contribution < 1.29 is 23.5 Å². The summed E-state index contributed by atoms with van der Waals surface area (Å²) in [5, 5.41) is 2.46. The average Bonchev–Trinajstić information content (AvgIpc) is 2.46. The molecule has 0 aliphatic carbocycles. The van der Waals surface area contributed by atoms with Crippen LogP contribution in [0.3, 0.4) is 0 Å². The smallest absolute Gasteiger partial charge is 0.354 e. The van der Waals surface area contributed by atoms with Gasteiger partial charge in [0.15, 0.2) is 0 Å². The first kappa shape index (κ1) is 17.9. The van der Waals surface area contributed by atoms with Crippen LogP contribution in [-0.4, -0.2) is 26.2 Å². The Bertz CT molecular complexity index is 622. The normalized spacial score (nSPS) is 11.0. The van der Waals surface area contributed by atoms with Gasteiger partial charge in [-0.3, -0.25) is 0 Å². The van der Waals surface area contributed by atoms with E-state index in [1.807, 2.05) is 0 Å². The molecule has 0 saturated heterocycles. The predicted molar refractivity (Wildman–Crippen MR) is 82.5 cm³/mol. The van der Waals surface area contributed by atoms with Crippen LogP contribution in [0.1, 0.15) is 0 Å². The summed E-state index contributed by atoms with van der Waals surface area (Å²) in [5.41, 5.74) is 0.0513. The third kappa shape index (κ3) is 4.42. The molecule has 0 heterocycles. The second kappa shape index (κ2) is 7.77. The third-order valence-electron chi connectivity index (χ3n) is 2.24. The number of benzene rings is 1. The lowest BCUT2D eigenvalue weighted by atomic mass is 10.3. The van der Waals surface area contributed by atoms with E-state index in [9.17, 15) is 14.0 Å². The molecule has 0 fully saturated rings. The summed E-state index contributed by atoms with van der Waals surface area (Å²) in [6.45, 7) is 0. The van der Waals surface area contributed by atoms with Gasteiger partial charge in [0.1, 0.15) is 11.5 Å². The molecule has 0 bridgehead atoms. The molecular formula is C12H9Br2ClFNO4. The molecule has 0 spiro atoms. The zero-order valence-corrected chi connectivity index (χ0v) is 14.7. The number of nitrogens with one attached hydrogen (secondary N) is 1. The van der Waals surface area contributed by atoms with Crippen molar-refractivity contribution in [1.29, 1.82) is 0 Å². The molecular weight excluding hydrogens is 436 g/mol. The Kier molecular flexibility index (Phi) is 6.63. The largest absolute Gasteiger partial charge is 0.466 e. The first-order valence-corrected chi connectivity index (χ1v) is 7.26. The van der Waals surface area contributed by atoms with Crippen molar-refractivity contribution in [2.45, 2.75) is 0 Å². The maximum atomic E-state index is 13.4. The van der Waals surface area contributed by atoms with Gasteiger partial charge in [-0.2, -0.15) is 0 Å². The molecule has 21 heavy (non-hydrogen) atoms. The van der Waals surface area contributed by atoms with E-state index in [2.05, 4.69) is 46.7 Å². The van der Waals surface area contributed by atoms with Crippen molar-refractivity contribution >= 4 is 61.1 Å². The molecule has 1 aromatic rings. The van der Waals surface area contributed by atoms with Crippen LogP contribution in [0.15, 0.2) is 26.8 Å². The maximum absolute atomic E-state index is 13.4. The van der Waals surface area contributed by atoms with Gasteiger partial charge in [-0.15, -0.1) is 0 Å². The van der Waals surface area contributed by atoms with Gasteiger partial charge in [-0.25, -0.2) is 14.0 Å². The molecule has 5 nitrogen and oxygen atoms in total. The van der Waals surface area contributed by atoms with Crippen LogP contribution in [0, 0.1) is 5.82 Å². The number of esters is 2. The van der Waals surface area contributed by atoms with Crippen LogP contribution < -0.4 is 5.32 Å². The summed E-state index contributed by atoms with van der Waals surface area (Å²) in [5.74, 6) is -2.22. The lowest BCUT2D eigenvalue weighted by molar-refractivity contribution is -0.138. The number of carbonyl (C=O) groups is 2. The Hall–Kier alpha value is -1.12. The molecule has 0 radical (unpaired) electrons. The van der Waals surface area contributed by atoms with E-state index >= 15 is 0 Å². The zero-order chi connectivity index (χ0) is 16.2. The minimum atomic E-state index is -0.806. The summed E-state index contributed by atoms with van der Waals surface area (Å²) in [6.07, 6.45) is 0.905. The van der Waals surface area contributed by atoms with Crippen LogP contribution in [0.2, 0.25) is 5.02 Å². The SMILES string of the molecule is COC(=O)/C=C(/Nc1c(Br)cc(F)c(Cl)c1Br)C(=O)OC. The number of anilines is 1. The molecule has 0 unspecified atom stereocenters. The Morgan fingerprint density at radius 3 is 2.48 bits per heavy atom. The Morgan fingerprint density at radius 1 is 1.33 bits per heavy atom. The number of methoxy groups -OCH3 is 2.